The smallest absolute Gasteiger partial charge is 0.274 e. The van der Waals surface area contributed by atoms with Gasteiger partial charge in [0.25, 0.3) is 11.6 Å². The van der Waals surface area contributed by atoms with Crippen LogP contribution in [0, 0.1) is 17.0 Å². The molecule has 3 N–H and O–H groups in total. The van der Waals surface area contributed by atoms with Crippen LogP contribution in [0.15, 0.2) is 18.2 Å². The Bertz CT molecular complexity index is 538. The van der Waals surface area contributed by atoms with Crippen molar-refractivity contribution in [3.05, 3.63) is 33.9 Å². The number of amides is 1. The Morgan fingerprint density at radius 1 is 1.52 bits per heavy atom. The van der Waals surface area contributed by atoms with Crippen molar-refractivity contribution in [3.63, 3.8) is 0 Å². The van der Waals surface area contributed by atoms with Crippen LogP contribution in [0.1, 0.15) is 18.4 Å². The summed E-state index contributed by atoms with van der Waals surface area (Å²) in [5.74, 6) is -0.292. The molecule has 21 heavy (non-hydrogen) atoms. The number of ether oxygens (including phenoxy) is 1. The zero-order valence-electron chi connectivity index (χ0n) is 11.6. The number of carbonyl (C=O) groups excluding carboxylic acids is 1. The Labute approximate surface area is 128 Å². The lowest BCUT2D eigenvalue weighted by Gasteiger charge is -2.12. The second-order valence-corrected chi connectivity index (χ2v) is 4.81. The summed E-state index contributed by atoms with van der Waals surface area (Å²) in [6, 6.07) is 4.59. The highest BCUT2D eigenvalue weighted by molar-refractivity contribution is 5.94. The molecule has 8 heteroatoms. The first-order valence-electron chi connectivity index (χ1n) is 6.42. The molecule has 0 unspecified atom stereocenters. The van der Waals surface area contributed by atoms with Crippen LogP contribution in [0.2, 0.25) is 0 Å². The van der Waals surface area contributed by atoms with Gasteiger partial charge >= 0.3 is 0 Å². The highest BCUT2D eigenvalue weighted by Crippen LogP contribution is 2.24. The molecule has 1 saturated heterocycles. The second kappa shape index (κ2) is 7.35. The van der Waals surface area contributed by atoms with Gasteiger partial charge in [0.05, 0.1) is 11.0 Å². The van der Waals surface area contributed by atoms with Crippen molar-refractivity contribution < 1.29 is 14.5 Å². The molecule has 0 aromatic heterocycles. The number of halogens is 1. The maximum Gasteiger partial charge on any atom is 0.274 e. The Balaban J connectivity index is 0.00000220. The average molecular weight is 316 g/mol. The van der Waals surface area contributed by atoms with E-state index in [-0.39, 0.29) is 30.1 Å². The summed E-state index contributed by atoms with van der Waals surface area (Å²) in [5, 5.41) is 13.5. The van der Waals surface area contributed by atoms with Crippen molar-refractivity contribution in [2.75, 3.05) is 11.9 Å². The van der Waals surface area contributed by atoms with Gasteiger partial charge in [0, 0.05) is 23.9 Å². The van der Waals surface area contributed by atoms with Crippen molar-refractivity contribution in [1.82, 2.24) is 0 Å². The number of aryl methyl sites for hydroxylation is 1. The maximum absolute atomic E-state index is 12.0. The zero-order valence-corrected chi connectivity index (χ0v) is 12.4. The van der Waals surface area contributed by atoms with Crippen molar-refractivity contribution in [2.45, 2.75) is 32.0 Å². The van der Waals surface area contributed by atoms with Crippen LogP contribution in [-0.4, -0.2) is 29.6 Å². The molecule has 2 rings (SSSR count). The van der Waals surface area contributed by atoms with E-state index in [1.807, 2.05) is 0 Å². The lowest BCUT2D eigenvalue weighted by Crippen LogP contribution is -2.29. The molecule has 0 bridgehead atoms. The van der Waals surface area contributed by atoms with E-state index in [0.29, 0.717) is 24.2 Å². The number of hydrogen-bond acceptors (Lipinski definition) is 5. The predicted molar refractivity (Wildman–Crippen MR) is 80.7 cm³/mol. The van der Waals surface area contributed by atoms with Gasteiger partial charge in [-0.15, -0.1) is 12.4 Å². The maximum atomic E-state index is 12.0. The highest BCUT2D eigenvalue weighted by atomic mass is 35.5. The number of nitrogens with zero attached hydrogens (tertiary/aromatic N) is 1. The van der Waals surface area contributed by atoms with Gasteiger partial charge in [0.2, 0.25) is 0 Å². The van der Waals surface area contributed by atoms with E-state index < -0.39 is 11.0 Å². The third-order valence-electron chi connectivity index (χ3n) is 3.34. The minimum absolute atomic E-state index is 0. The standard InChI is InChI=1S/C13H17N3O4.ClH/c1-8-2-3-9(6-11(8)16(18)19)15-13(17)12-5-4-10(7-14)20-12;/h2-3,6,10,12H,4-5,7,14H2,1H3,(H,15,17);1H/t10-,12+;/m1./s1. The molecule has 1 aliphatic heterocycles. The Morgan fingerprint density at radius 3 is 2.81 bits per heavy atom. The monoisotopic (exact) mass is 315 g/mol. The summed E-state index contributed by atoms with van der Waals surface area (Å²) in [5.41, 5.74) is 6.41. The number of carbonyl (C=O) groups is 1. The number of nitrogens with one attached hydrogen (secondary N) is 1. The first-order valence-corrected chi connectivity index (χ1v) is 6.42. The fourth-order valence-corrected chi connectivity index (χ4v) is 2.18. The van der Waals surface area contributed by atoms with E-state index in [0.717, 1.165) is 6.42 Å². The third-order valence-corrected chi connectivity index (χ3v) is 3.34. The molecule has 7 nitrogen and oxygen atoms in total. The van der Waals surface area contributed by atoms with Crippen LogP contribution in [0.3, 0.4) is 0 Å². The van der Waals surface area contributed by atoms with Crippen LogP contribution in [0.5, 0.6) is 0 Å². The number of benzene rings is 1. The van der Waals surface area contributed by atoms with Gasteiger partial charge in [-0.1, -0.05) is 6.07 Å². The molecule has 0 saturated carbocycles. The van der Waals surface area contributed by atoms with Crippen LogP contribution in [-0.2, 0) is 9.53 Å². The largest absolute Gasteiger partial charge is 0.364 e. The van der Waals surface area contributed by atoms with Gasteiger partial charge in [-0.05, 0) is 25.8 Å². The molecule has 1 amide bonds. The summed E-state index contributed by atoms with van der Waals surface area (Å²) >= 11 is 0. The van der Waals surface area contributed by atoms with Crippen molar-refractivity contribution in [1.29, 1.82) is 0 Å². The summed E-state index contributed by atoms with van der Waals surface area (Å²) in [6.07, 6.45) is 0.742. The molecule has 1 heterocycles. The number of nitro groups is 1. The lowest BCUT2D eigenvalue weighted by molar-refractivity contribution is -0.385. The molecular weight excluding hydrogens is 298 g/mol. The minimum Gasteiger partial charge on any atom is -0.364 e. The van der Waals surface area contributed by atoms with E-state index in [1.54, 1.807) is 19.1 Å². The molecule has 0 radical (unpaired) electrons. The predicted octanol–water partition coefficient (Wildman–Crippen LogP) is 1.77. The van der Waals surface area contributed by atoms with E-state index in [4.69, 9.17) is 10.5 Å². The Morgan fingerprint density at radius 2 is 2.24 bits per heavy atom. The van der Waals surface area contributed by atoms with E-state index >= 15 is 0 Å². The van der Waals surface area contributed by atoms with Gasteiger partial charge in [-0.2, -0.15) is 0 Å². The number of nitro benzene ring substituents is 1. The molecule has 1 aromatic rings. The molecular formula is C13H18ClN3O4. The Kier molecular flexibility index (Phi) is 6.07. The number of anilines is 1. The van der Waals surface area contributed by atoms with E-state index in [2.05, 4.69) is 5.32 Å². The van der Waals surface area contributed by atoms with Gasteiger partial charge in [0.15, 0.2) is 0 Å². The van der Waals surface area contributed by atoms with Crippen molar-refractivity contribution >= 4 is 29.7 Å². The topological polar surface area (TPSA) is 107 Å². The minimum atomic E-state index is -0.538. The molecule has 1 fully saturated rings. The molecule has 1 aliphatic rings. The zero-order chi connectivity index (χ0) is 14.7. The van der Waals surface area contributed by atoms with Crippen LogP contribution in [0.25, 0.3) is 0 Å². The fraction of sp³-hybridized carbons (Fsp3) is 0.462. The first-order chi connectivity index (χ1) is 9.51. The molecule has 116 valence electrons. The third kappa shape index (κ3) is 4.13. The first kappa shape index (κ1) is 17.4. The molecule has 1 aromatic carbocycles. The second-order valence-electron chi connectivity index (χ2n) is 4.81. The van der Waals surface area contributed by atoms with Crippen LogP contribution < -0.4 is 11.1 Å². The average Bonchev–Trinajstić information content (AvgIpc) is 2.89. The SMILES string of the molecule is Cc1ccc(NC(=O)[C@@H]2CC[C@H](CN)O2)cc1[N+](=O)[O-].Cl. The van der Waals surface area contributed by atoms with Gasteiger partial charge in [-0.3, -0.25) is 14.9 Å². The lowest BCUT2D eigenvalue weighted by atomic mass is 10.1. The van der Waals surface area contributed by atoms with Crippen molar-refractivity contribution in [2.24, 2.45) is 5.73 Å². The number of hydrogen-bond donors (Lipinski definition) is 2. The van der Waals surface area contributed by atoms with Crippen LogP contribution >= 0.6 is 12.4 Å². The van der Waals surface area contributed by atoms with Gasteiger partial charge in [0.1, 0.15) is 6.10 Å². The summed E-state index contributed by atoms with van der Waals surface area (Å²) in [6.45, 7) is 2.04. The summed E-state index contributed by atoms with van der Waals surface area (Å²) in [4.78, 5) is 22.4. The van der Waals surface area contributed by atoms with Crippen molar-refractivity contribution in [3.8, 4) is 0 Å². The van der Waals surface area contributed by atoms with Gasteiger partial charge in [-0.25, -0.2) is 0 Å². The Hall–Kier alpha value is -1.70. The molecule has 0 aliphatic carbocycles. The number of rotatable bonds is 4. The van der Waals surface area contributed by atoms with E-state index in [1.165, 1.54) is 6.07 Å². The number of nitrogens with two attached hydrogens (primary N) is 1. The summed E-state index contributed by atoms with van der Waals surface area (Å²) in [7, 11) is 0. The normalized spacial score (nSPS) is 20.7. The molecule has 0 spiro atoms. The highest BCUT2D eigenvalue weighted by Gasteiger charge is 2.30. The summed E-state index contributed by atoms with van der Waals surface area (Å²) < 4.78 is 5.48. The van der Waals surface area contributed by atoms with Gasteiger partial charge < -0.3 is 15.8 Å². The fourth-order valence-electron chi connectivity index (χ4n) is 2.18. The van der Waals surface area contributed by atoms with Crippen LogP contribution in [0.4, 0.5) is 11.4 Å². The van der Waals surface area contributed by atoms with E-state index in [9.17, 15) is 14.9 Å². The molecule has 2 atom stereocenters. The quantitative estimate of drug-likeness (QED) is 0.650.